The lowest BCUT2D eigenvalue weighted by atomic mass is 10.2. The number of hydrogen-bond acceptors (Lipinski definition) is 3. The van der Waals surface area contributed by atoms with Crippen LogP contribution in [0.4, 0.5) is 11.4 Å². The van der Waals surface area contributed by atoms with Gasteiger partial charge in [0.05, 0.1) is 13.2 Å². The molecule has 0 N–H and O–H groups in total. The van der Waals surface area contributed by atoms with E-state index in [4.69, 9.17) is 4.74 Å². The first kappa shape index (κ1) is 10.3. The minimum Gasteiger partial charge on any atom is -0.378 e. The van der Waals surface area contributed by atoms with E-state index in [1.807, 2.05) is 0 Å². The molecule has 1 aromatic carbocycles. The van der Waals surface area contributed by atoms with Crippen molar-refractivity contribution in [2.75, 3.05) is 50.2 Å². The zero-order valence-electron chi connectivity index (χ0n) is 9.44. The van der Waals surface area contributed by atoms with Crippen molar-refractivity contribution in [1.29, 1.82) is 0 Å². The van der Waals surface area contributed by atoms with Crippen molar-refractivity contribution < 1.29 is 4.74 Å². The molecule has 0 aromatic heterocycles. The molecule has 1 heterocycles. The van der Waals surface area contributed by atoms with Gasteiger partial charge in [-0.15, -0.1) is 0 Å². The molecule has 1 aliphatic rings. The van der Waals surface area contributed by atoms with E-state index in [9.17, 15) is 0 Å². The van der Waals surface area contributed by atoms with Crippen molar-refractivity contribution in [3.05, 3.63) is 24.3 Å². The SMILES string of the molecule is CN(C)c1ccc(N2CCOCC2)cc1. The van der Waals surface area contributed by atoms with Crippen LogP contribution in [0.15, 0.2) is 24.3 Å². The zero-order chi connectivity index (χ0) is 10.7. The summed E-state index contributed by atoms with van der Waals surface area (Å²) < 4.78 is 5.33. The summed E-state index contributed by atoms with van der Waals surface area (Å²) in [6, 6.07) is 8.68. The Morgan fingerprint density at radius 1 is 1.07 bits per heavy atom. The highest BCUT2D eigenvalue weighted by Crippen LogP contribution is 2.20. The number of hydrogen-bond donors (Lipinski definition) is 0. The van der Waals surface area contributed by atoms with E-state index >= 15 is 0 Å². The maximum absolute atomic E-state index is 5.33. The first-order chi connectivity index (χ1) is 7.27. The van der Waals surface area contributed by atoms with Crippen LogP contribution in [0.2, 0.25) is 0 Å². The van der Waals surface area contributed by atoms with Gasteiger partial charge in [-0.1, -0.05) is 0 Å². The number of morpholine rings is 1. The van der Waals surface area contributed by atoms with Crippen molar-refractivity contribution in [1.82, 2.24) is 0 Å². The number of nitrogens with zero attached hydrogens (tertiary/aromatic N) is 2. The van der Waals surface area contributed by atoms with Crippen LogP contribution in [0.5, 0.6) is 0 Å². The van der Waals surface area contributed by atoms with Gasteiger partial charge in [0.15, 0.2) is 0 Å². The maximum atomic E-state index is 5.33. The molecule has 82 valence electrons. The van der Waals surface area contributed by atoms with Gasteiger partial charge in [0.2, 0.25) is 0 Å². The van der Waals surface area contributed by atoms with Crippen molar-refractivity contribution in [3.8, 4) is 0 Å². The van der Waals surface area contributed by atoms with Crippen LogP contribution in [0.25, 0.3) is 0 Å². The highest BCUT2D eigenvalue weighted by Gasteiger charge is 2.10. The fraction of sp³-hybridized carbons (Fsp3) is 0.500. The van der Waals surface area contributed by atoms with Gasteiger partial charge in [0.1, 0.15) is 0 Å². The molecule has 0 atom stereocenters. The van der Waals surface area contributed by atoms with Gasteiger partial charge in [0, 0.05) is 38.6 Å². The molecule has 3 nitrogen and oxygen atoms in total. The third kappa shape index (κ3) is 2.42. The summed E-state index contributed by atoms with van der Waals surface area (Å²) in [6.45, 7) is 3.69. The maximum Gasteiger partial charge on any atom is 0.0642 e. The summed E-state index contributed by atoms with van der Waals surface area (Å²) in [5, 5.41) is 0. The number of ether oxygens (including phenoxy) is 1. The lowest BCUT2D eigenvalue weighted by Crippen LogP contribution is -2.36. The molecule has 0 radical (unpaired) electrons. The molecule has 15 heavy (non-hydrogen) atoms. The van der Waals surface area contributed by atoms with Crippen molar-refractivity contribution in [3.63, 3.8) is 0 Å². The Kier molecular flexibility index (Phi) is 3.11. The zero-order valence-corrected chi connectivity index (χ0v) is 9.44. The molecule has 0 saturated carbocycles. The molecule has 1 aliphatic heterocycles. The van der Waals surface area contributed by atoms with Crippen LogP contribution in [0.1, 0.15) is 0 Å². The van der Waals surface area contributed by atoms with Crippen molar-refractivity contribution in [2.24, 2.45) is 0 Å². The molecule has 0 amide bonds. The smallest absolute Gasteiger partial charge is 0.0642 e. The number of benzene rings is 1. The molecule has 1 saturated heterocycles. The molecule has 1 fully saturated rings. The summed E-state index contributed by atoms with van der Waals surface area (Å²) in [4.78, 5) is 4.48. The topological polar surface area (TPSA) is 15.7 Å². The lowest BCUT2D eigenvalue weighted by Gasteiger charge is -2.29. The van der Waals surface area contributed by atoms with Gasteiger partial charge in [-0.3, -0.25) is 0 Å². The Morgan fingerprint density at radius 2 is 1.67 bits per heavy atom. The fourth-order valence-corrected chi connectivity index (χ4v) is 1.78. The van der Waals surface area contributed by atoms with Gasteiger partial charge in [0.25, 0.3) is 0 Å². The highest BCUT2D eigenvalue weighted by atomic mass is 16.5. The predicted molar refractivity (Wildman–Crippen MR) is 63.8 cm³/mol. The second kappa shape index (κ2) is 4.53. The quantitative estimate of drug-likeness (QED) is 0.731. The van der Waals surface area contributed by atoms with Gasteiger partial charge in [-0.25, -0.2) is 0 Å². The number of anilines is 2. The van der Waals surface area contributed by atoms with E-state index in [1.165, 1.54) is 11.4 Å². The van der Waals surface area contributed by atoms with Crippen LogP contribution >= 0.6 is 0 Å². The van der Waals surface area contributed by atoms with Gasteiger partial charge in [-0.05, 0) is 24.3 Å². The molecule has 0 aliphatic carbocycles. The van der Waals surface area contributed by atoms with E-state index < -0.39 is 0 Å². The molecular weight excluding hydrogens is 188 g/mol. The van der Waals surface area contributed by atoms with Crippen LogP contribution in [-0.4, -0.2) is 40.4 Å². The first-order valence-corrected chi connectivity index (χ1v) is 5.37. The van der Waals surface area contributed by atoms with Crippen LogP contribution < -0.4 is 9.80 Å². The Morgan fingerprint density at radius 3 is 2.20 bits per heavy atom. The Hall–Kier alpha value is -1.22. The third-order valence-corrected chi connectivity index (χ3v) is 2.74. The summed E-state index contributed by atoms with van der Waals surface area (Å²) in [5.74, 6) is 0. The average Bonchev–Trinajstić information content (AvgIpc) is 2.30. The summed E-state index contributed by atoms with van der Waals surface area (Å²) >= 11 is 0. The first-order valence-electron chi connectivity index (χ1n) is 5.37. The number of rotatable bonds is 2. The lowest BCUT2D eigenvalue weighted by molar-refractivity contribution is 0.122. The minimum absolute atomic E-state index is 0.843. The van der Waals surface area contributed by atoms with Crippen molar-refractivity contribution in [2.45, 2.75) is 0 Å². The standard InChI is InChI=1S/C12H18N2O/c1-13(2)11-3-5-12(6-4-11)14-7-9-15-10-8-14/h3-6H,7-10H2,1-2H3. The van der Waals surface area contributed by atoms with E-state index in [0.717, 1.165) is 26.3 Å². The Balaban J connectivity index is 2.08. The van der Waals surface area contributed by atoms with E-state index in [1.54, 1.807) is 0 Å². The Bertz CT molecular complexity index is 302. The van der Waals surface area contributed by atoms with Gasteiger partial charge in [-0.2, -0.15) is 0 Å². The summed E-state index contributed by atoms with van der Waals surface area (Å²) in [5.41, 5.74) is 2.54. The van der Waals surface area contributed by atoms with E-state index in [-0.39, 0.29) is 0 Å². The van der Waals surface area contributed by atoms with E-state index in [2.05, 4.69) is 48.2 Å². The van der Waals surface area contributed by atoms with Crippen LogP contribution in [0.3, 0.4) is 0 Å². The second-order valence-electron chi connectivity index (χ2n) is 4.01. The monoisotopic (exact) mass is 206 g/mol. The molecular formula is C12H18N2O. The molecule has 0 bridgehead atoms. The molecule has 1 aromatic rings. The van der Waals surface area contributed by atoms with Crippen molar-refractivity contribution >= 4 is 11.4 Å². The van der Waals surface area contributed by atoms with Crippen LogP contribution in [0, 0.1) is 0 Å². The fourth-order valence-electron chi connectivity index (χ4n) is 1.78. The van der Waals surface area contributed by atoms with Crippen LogP contribution in [-0.2, 0) is 4.74 Å². The third-order valence-electron chi connectivity index (χ3n) is 2.74. The highest BCUT2D eigenvalue weighted by molar-refractivity contribution is 5.55. The normalized spacial score (nSPS) is 16.5. The van der Waals surface area contributed by atoms with Gasteiger partial charge < -0.3 is 14.5 Å². The molecule has 0 spiro atoms. The summed E-state index contributed by atoms with van der Waals surface area (Å²) in [7, 11) is 4.12. The molecule has 2 rings (SSSR count). The average molecular weight is 206 g/mol. The molecule has 0 unspecified atom stereocenters. The largest absolute Gasteiger partial charge is 0.378 e. The van der Waals surface area contributed by atoms with Gasteiger partial charge >= 0.3 is 0 Å². The molecule has 3 heteroatoms. The minimum atomic E-state index is 0.843. The summed E-state index contributed by atoms with van der Waals surface area (Å²) in [6.07, 6.45) is 0. The van der Waals surface area contributed by atoms with E-state index in [0.29, 0.717) is 0 Å². The Labute approximate surface area is 91.2 Å². The predicted octanol–water partition coefficient (Wildman–Crippen LogP) is 1.59. The second-order valence-corrected chi connectivity index (χ2v) is 4.01.